The second kappa shape index (κ2) is 9.51. The van der Waals surface area contributed by atoms with Gasteiger partial charge in [-0.3, -0.25) is 4.79 Å². The highest BCUT2D eigenvalue weighted by molar-refractivity contribution is 6.73. The molecule has 0 N–H and O–H groups in total. The summed E-state index contributed by atoms with van der Waals surface area (Å²) < 4.78 is 11.7. The molecule has 0 aliphatic heterocycles. The minimum absolute atomic E-state index is 0.132. The van der Waals surface area contributed by atoms with Crippen molar-refractivity contribution in [3.8, 4) is 0 Å². The Labute approximate surface area is 138 Å². The molecule has 0 fully saturated rings. The van der Waals surface area contributed by atoms with Gasteiger partial charge in [0.15, 0.2) is 8.32 Å². The van der Waals surface area contributed by atoms with Crippen molar-refractivity contribution in [3.05, 3.63) is 11.6 Å². The minimum atomic E-state index is -1.73. The number of esters is 1. The topological polar surface area (TPSA) is 35.5 Å². The van der Waals surface area contributed by atoms with E-state index in [4.69, 9.17) is 9.16 Å². The fraction of sp³-hybridized carbons (Fsp3) is 0.833. The van der Waals surface area contributed by atoms with E-state index in [2.05, 4.69) is 54.5 Å². The molecule has 3 nitrogen and oxygen atoms in total. The van der Waals surface area contributed by atoms with Crippen LogP contribution in [-0.2, 0) is 14.0 Å². The molecule has 0 aromatic heterocycles. The normalized spacial score (nSPS) is 15.8. The first-order valence-corrected chi connectivity index (χ1v) is 11.1. The molecule has 0 unspecified atom stereocenters. The number of methoxy groups -OCH3 is 1. The molecule has 2 atom stereocenters. The van der Waals surface area contributed by atoms with Crippen LogP contribution in [-0.4, -0.2) is 27.0 Å². The Kier molecular flexibility index (Phi) is 9.24. The maximum absolute atomic E-state index is 11.7. The van der Waals surface area contributed by atoms with Gasteiger partial charge in [-0.1, -0.05) is 39.3 Å². The number of carbonyl (C=O) groups is 1. The van der Waals surface area contributed by atoms with Crippen molar-refractivity contribution in [2.24, 2.45) is 5.92 Å². The summed E-state index contributed by atoms with van der Waals surface area (Å²) in [4.78, 5) is 11.7. The number of carbonyl (C=O) groups excluding carboxylic acids is 1. The van der Waals surface area contributed by atoms with E-state index in [1.54, 1.807) is 0 Å². The fourth-order valence-electron chi connectivity index (χ4n) is 2.76. The van der Waals surface area contributed by atoms with E-state index >= 15 is 0 Å². The zero-order chi connectivity index (χ0) is 17.4. The molecule has 22 heavy (non-hydrogen) atoms. The van der Waals surface area contributed by atoms with Gasteiger partial charge < -0.3 is 9.16 Å². The van der Waals surface area contributed by atoms with Crippen LogP contribution in [0.15, 0.2) is 11.6 Å². The van der Waals surface area contributed by atoms with E-state index in [9.17, 15) is 4.79 Å². The molecule has 0 bridgehead atoms. The maximum atomic E-state index is 11.7. The van der Waals surface area contributed by atoms with E-state index in [0.717, 1.165) is 24.6 Å². The molecular formula is C18H36O3Si. The van der Waals surface area contributed by atoms with Crippen LogP contribution in [0.2, 0.25) is 18.1 Å². The van der Waals surface area contributed by atoms with Crippen LogP contribution < -0.4 is 0 Å². The Bertz CT molecular complexity index is 362. The average Bonchev–Trinajstić information content (AvgIpc) is 2.50. The van der Waals surface area contributed by atoms with Crippen molar-refractivity contribution in [3.63, 3.8) is 0 Å². The average molecular weight is 329 g/mol. The highest BCUT2D eigenvalue weighted by Crippen LogP contribution is 2.36. The molecule has 4 heteroatoms. The molecule has 0 saturated heterocycles. The molecule has 0 heterocycles. The number of rotatable bonds is 10. The van der Waals surface area contributed by atoms with Crippen molar-refractivity contribution in [1.82, 2.24) is 0 Å². The van der Waals surface area contributed by atoms with E-state index < -0.39 is 8.32 Å². The van der Waals surface area contributed by atoms with Crippen LogP contribution in [0.25, 0.3) is 0 Å². The smallest absolute Gasteiger partial charge is 0.305 e. The van der Waals surface area contributed by atoms with Gasteiger partial charge in [0.1, 0.15) is 0 Å². The molecule has 0 spiro atoms. The summed E-state index contributed by atoms with van der Waals surface area (Å²) in [5.41, 5.74) is 0.983. The highest BCUT2D eigenvalue weighted by atomic mass is 28.4. The number of hydrogen-bond acceptors (Lipinski definition) is 3. The molecule has 0 aliphatic carbocycles. The lowest BCUT2D eigenvalue weighted by Gasteiger charge is -2.43. The summed E-state index contributed by atoms with van der Waals surface area (Å²) in [7, 11) is -0.279. The lowest BCUT2D eigenvalue weighted by Crippen LogP contribution is -2.49. The van der Waals surface area contributed by atoms with Crippen LogP contribution in [0.3, 0.4) is 0 Å². The molecule has 0 radical (unpaired) electrons. The Morgan fingerprint density at radius 3 is 2.05 bits per heavy atom. The molecule has 0 saturated carbocycles. The molecule has 0 rings (SSSR count). The summed E-state index contributed by atoms with van der Waals surface area (Å²) in [6.07, 6.45) is 3.49. The van der Waals surface area contributed by atoms with Gasteiger partial charge in [0.05, 0.1) is 19.1 Å². The number of hydrogen-bond donors (Lipinski definition) is 0. The molecule has 0 amide bonds. The van der Waals surface area contributed by atoms with Gasteiger partial charge in [0, 0.05) is 0 Å². The molecule has 0 aromatic rings. The Morgan fingerprint density at radius 2 is 1.68 bits per heavy atom. The minimum Gasteiger partial charge on any atom is -0.469 e. The molecule has 130 valence electrons. The first-order valence-electron chi connectivity index (χ1n) is 8.59. The summed E-state index contributed by atoms with van der Waals surface area (Å²) >= 11 is 0. The lowest BCUT2D eigenvalue weighted by atomic mass is 9.85. The summed E-state index contributed by atoms with van der Waals surface area (Å²) in [6, 6.07) is 3.36. The first-order chi connectivity index (χ1) is 10.2. The second-order valence-corrected chi connectivity index (χ2v) is 11.5. The van der Waals surface area contributed by atoms with Gasteiger partial charge in [0.2, 0.25) is 0 Å². The zero-order valence-electron chi connectivity index (χ0n) is 15.9. The van der Waals surface area contributed by atoms with Crippen LogP contribution >= 0.6 is 0 Å². The second-order valence-electron chi connectivity index (χ2n) is 6.83. The quantitative estimate of drug-likeness (QED) is 0.309. The van der Waals surface area contributed by atoms with Crippen LogP contribution in [0.4, 0.5) is 0 Å². The predicted molar refractivity (Wildman–Crippen MR) is 96.5 cm³/mol. The van der Waals surface area contributed by atoms with E-state index in [-0.39, 0.29) is 17.5 Å². The van der Waals surface area contributed by atoms with Crippen molar-refractivity contribution < 1.29 is 14.0 Å². The predicted octanol–water partition coefficient (Wildman–Crippen LogP) is 5.32. The lowest BCUT2D eigenvalue weighted by molar-refractivity contribution is -0.143. The summed E-state index contributed by atoms with van der Waals surface area (Å²) in [6.45, 7) is 15.2. The molecule has 0 aliphatic rings. The van der Waals surface area contributed by atoms with Gasteiger partial charge in [-0.05, 0) is 51.2 Å². The molecule has 0 aromatic carbocycles. The van der Waals surface area contributed by atoms with Crippen LogP contribution in [0.1, 0.15) is 61.3 Å². The van der Waals surface area contributed by atoms with Gasteiger partial charge >= 0.3 is 5.97 Å². The van der Waals surface area contributed by atoms with Crippen LogP contribution in [0, 0.1) is 5.92 Å². The van der Waals surface area contributed by atoms with Gasteiger partial charge in [-0.25, -0.2) is 0 Å². The first kappa shape index (κ1) is 21.4. The summed E-state index contributed by atoms with van der Waals surface area (Å²) in [5.74, 6) is -0.0247. The Hall–Kier alpha value is -0.613. The standard InChI is InChI=1S/C18H36O3Si/c1-9-22(10-2,11-3)21-18(7,13-12-15(4)5)16(6)14-17(19)20-8/h12,16H,9-11,13-14H2,1-8H3/t16-,18-/m1/s1. The van der Waals surface area contributed by atoms with Crippen molar-refractivity contribution in [2.45, 2.75) is 85.0 Å². The van der Waals surface area contributed by atoms with E-state index in [1.165, 1.54) is 12.7 Å². The van der Waals surface area contributed by atoms with E-state index in [1.807, 2.05) is 0 Å². The van der Waals surface area contributed by atoms with Gasteiger partial charge in [0.25, 0.3) is 0 Å². The third-order valence-corrected chi connectivity index (χ3v) is 9.81. The largest absolute Gasteiger partial charge is 0.469 e. The van der Waals surface area contributed by atoms with Crippen molar-refractivity contribution >= 4 is 14.3 Å². The monoisotopic (exact) mass is 328 g/mol. The zero-order valence-corrected chi connectivity index (χ0v) is 16.9. The number of ether oxygens (including phenoxy) is 1. The van der Waals surface area contributed by atoms with E-state index in [0.29, 0.717) is 6.42 Å². The Balaban J connectivity index is 5.40. The van der Waals surface area contributed by atoms with Gasteiger partial charge in [-0.15, -0.1) is 0 Å². The maximum Gasteiger partial charge on any atom is 0.305 e. The van der Waals surface area contributed by atoms with Crippen molar-refractivity contribution in [1.29, 1.82) is 0 Å². The van der Waals surface area contributed by atoms with Crippen molar-refractivity contribution in [2.75, 3.05) is 7.11 Å². The fourth-order valence-corrected chi connectivity index (χ4v) is 5.97. The Morgan fingerprint density at radius 1 is 1.18 bits per heavy atom. The number of allylic oxidation sites excluding steroid dienone is 1. The van der Waals surface area contributed by atoms with Gasteiger partial charge in [-0.2, -0.15) is 0 Å². The van der Waals surface area contributed by atoms with Crippen LogP contribution in [0.5, 0.6) is 0 Å². The third kappa shape index (κ3) is 6.25. The summed E-state index contributed by atoms with van der Waals surface area (Å²) in [5, 5.41) is 0. The molecular weight excluding hydrogens is 292 g/mol. The SMILES string of the molecule is CC[Si](CC)(CC)O[C@](C)(CC=C(C)C)[C@H](C)CC(=O)OC. The highest BCUT2D eigenvalue weighted by Gasteiger charge is 2.41. The third-order valence-electron chi connectivity index (χ3n) is 5.04.